The molecule has 1 aliphatic heterocycles. The fraction of sp³-hybridized carbons (Fsp3) is 0.909. The zero-order chi connectivity index (χ0) is 10.4. The van der Waals surface area contributed by atoms with Gasteiger partial charge in [0.2, 0.25) is 0 Å². The lowest BCUT2D eigenvalue weighted by Crippen LogP contribution is -2.47. The zero-order valence-corrected chi connectivity index (χ0v) is 9.50. The predicted octanol–water partition coefficient (Wildman–Crippen LogP) is 1.98. The van der Waals surface area contributed by atoms with Crippen LogP contribution in [0.15, 0.2) is 4.99 Å². The molecule has 1 aliphatic rings. The van der Waals surface area contributed by atoms with Gasteiger partial charge >= 0.3 is 0 Å². The minimum Gasteiger partial charge on any atom is -0.370 e. The number of likely N-dealkylation sites (tertiary alicyclic amines) is 1. The van der Waals surface area contributed by atoms with Crippen molar-refractivity contribution in [3.8, 4) is 0 Å². The fourth-order valence-corrected chi connectivity index (χ4v) is 2.04. The highest BCUT2D eigenvalue weighted by molar-refractivity contribution is 5.78. The summed E-state index contributed by atoms with van der Waals surface area (Å²) in [4.78, 5) is 6.68. The van der Waals surface area contributed by atoms with E-state index in [2.05, 4.69) is 23.7 Å². The van der Waals surface area contributed by atoms with Gasteiger partial charge in [-0.05, 0) is 32.1 Å². The van der Waals surface area contributed by atoms with Crippen LogP contribution >= 0.6 is 0 Å². The summed E-state index contributed by atoms with van der Waals surface area (Å²) in [5.41, 5.74) is 5.98. The molecule has 0 aromatic rings. The smallest absolute Gasteiger partial charge is 0.191 e. The van der Waals surface area contributed by atoms with E-state index in [0.717, 1.165) is 25.5 Å². The van der Waals surface area contributed by atoms with Crippen LogP contribution in [0.3, 0.4) is 0 Å². The topological polar surface area (TPSA) is 41.6 Å². The summed E-state index contributed by atoms with van der Waals surface area (Å²) < 4.78 is 0. The number of rotatable bonds is 3. The lowest BCUT2D eigenvalue weighted by atomic mass is 10.0. The molecule has 0 saturated carbocycles. The molecule has 1 rings (SSSR count). The monoisotopic (exact) mass is 197 g/mol. The van der Waals surface area contributed by atoms with Gasteiger partial charge in [0.1, 0.15) is 0 Å². The van der Waals surface area contributed by atoms with Crippen LogP contribution in [0.1, 0.15) is 46.0 Å². The normalized spacial score (nSPS) is 24.0. The number of piperidine rings is 1. The lowest BCUT2D eigenvalue weighted by Gasteiger charge is -2.36. The fourth-order valence-electron chi connectivity index (χ4n) is 2.04. The molecular formula is C11H23N3. The summed E-state index contributed by atoms with van der Waals surface area (Å²) in [6.45, 7) is 6.32. The highest BCUT2D eigenvalue weighted by Gasteiger charge is 2.21. The Morgan fingerprint density at radius 3 is 2.86 bits per heavy atom. The first-order chi connectivity index (χ1) is 6.79. The second-order valence-electron chi connectivity index (χ2n) is 3.99. The predicted molar refractivity (Wildman–Crippen MR) is 61.4 cm³/mol. The summed E-state index contributed by atoms with van der Waals surface area (Å²) in [5.74, 6) is 0.762. The van der Waals surface area contributed by atoms with Gasteiger partial charge in [0.25, 0.3) is 0 Å². The largest absolute Gasteiger partial charge is 0.370 e. The van der Waals surface area contributed by atoms with Gasteiger partial charge in [-0.1, -0.05) is 13.8 Å². The SMILES string of the molecule is CCCN=C(N)N1CCCCC1CC. The molecule has 1 heterocycles. The van der Waals surface area contributed by atoms with E-state index < -0.39 is 0 Å². The molecule has 0 spiro atoms. The Bertz CT molecular complexity index is 189. The Balaban J connectivity index is 2.53. The highest BCUT2D eigenvalue weighted by atomic mass is 15.3. The number of aliphatic imine (C=N–C) groups is 1. The van der Waals surface area contributed by atoms with Crippen molar-refractivity contribution < 1.29 is 0 Å². The summed E-state index contributed by atoms with van der Waals surface area (Å²) >= 11 is 0. The van der Waals surface area contributed by atoms with Crippen molar-refractivity contribution in [3.05, 3.63) is 0 Å². The van der Waals surface area contributed by atoms with E-state index in [1.165, 1.54) is 25.7 Å². The van der Waals surface area contributed by atoms with Crippen molar-refractivity contribution in [2.24, 2.45) is 10.7 Å². The standard InChI is InChI=1S/C11H23N3/c1-3-8-13-11(12)14-9-6-5-7-10(14)4-2/h10H,3-9H2,1-2H3,(H2,12,13). The molecule has 0 bridgehead atoms. The van der Waals surface area contributed by atoms with Crippen LogP contribution in [0.5, 0.6) is 0 Å². The summed E-state index contributed by atoms with van der Waals surface area (Å²) in [6.07, 6.45) is 6.14. The van der Waals surface area contributed by atoms with Crippen LogP contribution in [-0.4, -0.2) is 30.0 Å². The Hall–Kier alpha value is -0.730. The quantitative estimate of drug-likeness (QED) is 0.555. The van der Waals surface area contributed by atoms with Crippen LogP contribution in [0.2, 0.25) is 0 Å². The molecule has 82 valence electrons. The van der Waals surface area contributed by atoms with E-state index in [0.29, 0.717) is 6.04 Å². The number of guanidine groups is 1. The maximum atomic E-state index is 5.98. The van der Waals surface area contributed by atoms with Gasteiger partial charge in [-0.2, -0.15) is 0 Å². The van der Waals surface area contributed by atoms with Crippen molar-refractivity contribution in [2.75, 3.05) is 13.1 Å². The number of hydrogen-bond acceptors (Lipinski definition) is 1. The van der Waals surface area contributed by atoms with Crippen molar-refractivity contribution >= 4 is 5.96 Å². The molecule has 1 fully saturated rings. The van der Waals surface area contributed by atoms with Gasteiger partial charge in [0.05, 0.1) is 0 Å². The number of hydrogen-bond donors (Lipinski definition) is 1. The van der Waals surface area contributed by atoms with Gasteiger partial charge in [0, 0.05) is 19.1 Å². The second-order valence-corrected chi connectivity index (χ2v) is 3.99. The molecule has 1 saturated heterocycles. The van der Waals surface area contributed by atoms with Gasteiger partial charge in [0.15, 0.2) is 5.96 Å². The number of nitrogens with two attached hydrogens (primary N) is 1. The van der Waals surface area contributed by atoms with Crippen molar-refractivity contribution in [2.45, 2.75) is 52.0 Å². The minimum absolute atomic E-state index is 0.629. The van der Waals surface area contributed by atoms with Gasteiger partial charge in [-0.15, -0.1) is 0 Å². The van der Waals surface area contributed by atoms with Crippen molar-refractivity contribution in [1.29, 1.82) is 0 Å². The molecule has 3 nitrogen and oxygen atoms in total. The minimum atomic E-state index is 0.629. The number of nitrogens with zero attached hydrogens (tertiary/aromatic N) is 2. The molecule has 2 N–H and O–H groups in total. The molecule has 0 aromatic carbocycles. The van der Waals surface area contributed by atoms with E-state index in [9.17, 15) is 0 Å². The Morgan fingerprint density at radius 2 is 2.21 bits per heavy atom. The highest BCUT2D eigenvalue weighted by Crippen LogP contribution is 2.18. The molecule has 1 unspecified atom stereocenters. The van der Waals surface area contributed by atoms with Crippen molar-refractivity contribution in [1.82, 2.24) is 4.90 Å². The van der Waals surface area contributed by atoms with E-state index in [-0.39, 0.29) is 0 Å². The van der Waals surface area contributed by atoms with Crippen LogP contribution < -0.4 is 5.73 Å². The summed E-state index contributed by atoms with van der Waals surface area (Å²) in [7, 11) is 0. The maximum Gasteiger partial charge on any atom is 0.191 e. The van der Waals surface area contributed by atoms with Crippen LogP contribution in [0, 0.1) is 0 Å². The first kappa shape index (κ1) is 11.3. The summed E-state index contributed by atoms with van der Waals surface area (Å²) in [5, 5.41) is 0. The van der Waals surface area contributed by atoms with Crippen molar-refractivity contribution in [3.63, 3.8) is 0 Å². The third-order valence-electron chi connectivity index (χ3n) is 2.89. The molecule has 14 heavy (non-hydrogen) atoms. The van der Waals surface area contributed by atoms with Gasteiger partial charge in [-0.3, -0.25) is 4.99 Å². The van der Waals surface area contributed by atoms with Crippen LogP contribution in [0.25, 0.3) is 0 Å². The average molecular weight is 197 g/mol. The molecule has 3 heteroatoms. The van der Waals surface area contributed by atoms with Crippen LogP contribution in [0.4, 0.5) is 0 Å². The summed E-state index contributed by atoms with van der Waals surface area (Å²) in [6, 6.07) is 0.629. The Morgan fingerprint density at radius 1 is 1.43 bits per heavy atom. The van der Waals surface area contributed by atoms with Crippen LogP contribution in [-0.2, 0) is 0 Å². The Kier molecular flexibility index (Phi) is 4.77. The van der Waals surface area contributed by atoms with E-state index in [4.69, 9.17) is 5.73 Å². The average Bonchev–Trinajstić information content (AvgIpc) is 2.25. The Labute approximate surface area is 87.4 Å². The third kappa shape index (κ3) is 2.89. The molecule has 0 aromatic heterocycles. The molecule has 0 radical (unpaired) electrons. The maximum absolute atomic E-state index is 5.98. The molecule has 0 amide bonds. The second kappa shape index (κ2) is 5.89. The zero-order valence-electron chi connectivity index (χ0n) is 9.50. The van der Waals surface area contributed by atoms with E-state index in [1.54, 1.807) is 0 Å². The first-order valence-electron chi connectivity index (χ1n) is 5.86. The van der Waals surface area contributed by atoms with E-state index >= 15 is 0 Å². The first-order valence-corrected chi connectivity index (χ1v) is 5.86. The van der Waals surface area contributed by atoms with Gasteiger partial charge < -0.3 is 10.6 Å². The third-order valence-corrected chi connectivity index (χ3v) is 2.89. The lowest BCUT2D eigenvalue weighted by molar-refractivity contribution is 0.233. The molecule has 1 atom stereocenters. The van der Waals surface area contributed by atoms with Gasteiger partial charge in [-0.25, -0.2) is 0 Å². The van der Waals surface area contributed by atoms with E-state index in [1.807, 2.05) is 0 Å². The molecular weight excluding hydrogens is 174 g/mol. The molecule has 0 aliphatic carbocycles.